The van der Waals surface area contributed by atoms with Crippen LogP contribution in [0.2, 0.25) is 0 Å². The van der Waals surface area contributed by atoms with Crippen molar-refractivity contribution in [1.82, 2.24) is 5.32 Å². The third-order valence-corrected chi connectivity index (χ3v) is 5.16. The van der Waals surface area contributed by atoms with Crippen molar-refractivity contribution in [2.24, 2.45) is 0 Å². The summed E-state index contributed by atoms with van der Waals surface area (Å²) >= 11 is 8.06. The molecule has 0 aliphatic rings. The van der Waals surface area contributed by atoms with Gasteiger partial charge in [-0.3, -0.25) is 0 Å². The lowest BCUT2D eigenvalue weighted by Crippen LogP contribution is -2.40. The number of rotatable bonds is 6. The van der Waals surface area contributed by atoms with Crippen molar-refractivity contribution >= 4 is 22.9 Å². The number of hydrogen-bond acceptors (Lipinski definition) is 2. The van der Waals surface area contributed by atoms with Crippen molar-refractivity contribution in [3.05, 3.63) is 57.8 Å². The Balaban J connectivity index is 2.06. The molecule has 1 N–H and O–H groups in total. The third-order valence-electron chi connectivity index (χ3n) is 3.40. The first kappa shape index (κ1) is 14.6. The van der Waals surface area contributed by atoms with Crippen molar-refractivity contribution in [2.75, 3.05) is 5.88 Å². The molecule has 0 amide bonds. The topological polar surface area (TPSA) is 12.0 Å². The fourth-order valence-corrected chi connectivity index (χ4v) is 3.17. The molecule has 0 saturated heterocycles. The van der Waals surface area contributed by atoms with E-state index in [1.54, 1.807) is 0 Å². The molecule has 0 aliphatic carbocycles. The Morgan fingerprint density at radius 1 is 1.11 bits per heavy atom. The van der Waals surface area contributed by atoms with E-state index in [1.165, 1.54) is 15.3 Å². The Morgan fingerprint density at radius 3 is 2.37 bits per heavy atom. The van der Waals surface area contributed by atoms with E-state index in [2.05, 4.69) is 55.6 Å². The number of halogens is 1. The van der Waals surface area contributed by atoms with Crippen LogP contribution < -0.4 is 5.32 Å². The minimum Gasteiger partial charge on any atom is -0.302 e. The van der Waals surface area contributed by atoms with Gasteiger partial charge in [-0.05, 0) is 31.0 Å². The zero-order valence-corrected chi connectivity index (χ0v) is 13.0. The van der Waals surface area contributed by atoms with Gasteiger partial charge in [0.15, 0.2) is 0 Å². The molecule has 1 atom stereocenters. The molecule has 0 bridgehead atoms. The minimum absolute atomic E-state index is 0.181. The summed E-state index contributed by atoms with van der Waals surface area (Å²) in [5, 5.41) is 3.59. The average Bonchev–Trinajstić information content (AvgIpc) is 2.94. The molecule has 1 nitrogen and oxygen atoms in total. The molecule has 1 aromatic carbocycles. The van der Waals surface area contributed by atoms with Gasteiger partial charge in [0.2, 0.25) is 0 Å². The Morgan fingerprint density at radius 2 is 1.79 bits per heavy atom. The van der Waals surface area contributed by atoms with Gasteiger partial charge >= 0.3 is 0 Å². The van der Waals surface area contributed by atoms with Crippen molar-refractivity contribution in [1.29, 1.82) is 0 Å². The molecule has 1 heterocycles. The van der Waals surface area contributed by atoms with Crippen LogP contribution in [-0.4, -0.2) is 5.88 Å². The first-order chi connectivity index (χ1) is 9.18. The monoisotopic (exact) mass is 293 g/mol. The molecular weight excluding hydrogens is 274 g/mol. The Kier molecular flexibility index (Phi) is 5.03. The standard InChI is InChI=1S/C16H20ClNS/c1-3-14-9-10-15(19-14)11-18-16(2,12-17)13-7-5-4-6-8-13/h4-10,18H,3,11-12H2,1-2H3. The highest BCUT2D eigenvalue weighted by molar-refractivity contribution is 7.11. The lowest BCUT2D eigenvalue weighted by molar-refractivity contribution is 0.408. The van der Waals surface area contributed by atoms with Crippen molar-refractivity contribution in [3.8, 4) is 0 Å². The van der Waals surface area contributed by atoms with Gasteiger partial charge < -0.3 is 5.32 Å². The van der Waals surface area contributed by atoms with Crippen molar-refractivity contribution < 1.29 is 0 Å². The lowest BCUT2D eigenvalue weighted by atomic mass is 9.94. The number of hydrogen-bond donors (Lipinski definition) is 1. The maximum absolute atomic E-state index is 6.18. The largest absolute Gasteiger partial charge is 0.302 e. The van der Waals surface area contributed by atoms with Crippen LogP contribution >= 0.6 is 22.9 Å². The summed E-state index contributed by atoms with van der Waals surface area (Å²) in [4.78, 5) is 2.80. The van der Waals surface area contributed by atoms with Crippen LogP contribution in [0.4, 0.5) is 0 Å². The molecule has 0 fully saturated rings. The summed E-state index contributed by atoms with van der Waals surface area (Å²) in [6.07, 6.45) is 1.11. The lowest BCUT2D eigenvalue weighted by Gasteiger charge is -2.29. The van der Waals surface area contributed by atoms with Crippen LogP contribution in [0.3, 0.4) is 0 Å². The summed E-state index contributed by atoms with van der Waals surface area (Å²) in [5.41, 5.74) is 1.05. The zero-order chi connectivity index (χ0) is 13.7. The molecule has 102 valence electrons. The van der Waals surface area contributed by atoms with Gasteiger partial charge in [0.1, 0.15) is 0 Å². The van der Waals surface area contributed by atoms with Crippen LogP contribution in [0.5, 0.6) is 0 Å². The maximum Gasteiger partial charge on any atom is 0.0545 e. The number of aryl methyl sites for hydroxylation is 1. The number of thiophene rings is 1. The second kappa shape index (κ2) is 6.56. The summed E-state index contributed by atoms with van der Waals surface area (Å²) in [6, 6.07) is 14.8. The van der Waals surface area contributed by atoms with Crippen molar-refractivity contribution in [2.45, 2.75) is 32.4 Å². The molecule has 0 saturated carbocycles. The van der Waals surface area contributed by atoms with Crippen molar-refractivity contribution in [3.63, 3.8) is 0 Å². The highest BCUT2D eigenvalue weighted by Crippen LogP contribution is 2.24. The zero-order valence-electron chi connectivity index (χ0n) is 11.4. The Labute approximate surface area is 124 Å². The number of alkyl halides is 1. The molecule has 3 heteroatoms. The second-order valence-electron chi connectivity index (χ2n) is 4.91. The fourth-order valence-electron chi connectivity index (χ4n) is 2.02. The fraction of sp³-hybridized carbons (Fsp3) is 0.375. The van der Waals surface area contributed by atoms with Gasteiger partial charge in [-0.2, -0.15) is 0 Å². The van der Waals surface area contributed by atoms with Gasteiger partial charge in [-0.15, -0.1) is 22.9 Å². The summed E-state index contributed by atoms with van der Waals surface area (Å²) in [7, 11) is 0. The summed E-state index contributed by atoms with van der Waals surface area (Å²) < 4.78 is 0. The van der Waals surface area contributed by atoms with E-state index in [1.807, 2.05) is 17.4 Å². The Bertz CT molecular complexity index is 508. The van der Waals surface area contributed by atoms with Crippen LogP contribution in [0.25, 0.3) is 0 Å². The predicted molar refractivity (Wildman–Crippen MR) is 85.1 cm³/mol. The highest BCUT2D eigenvalue weighted by atomic mass is 35.5. The molecule has 0 spiro atoms. The third kappa shape index (κ3) is 3.59. The molecule has 2 aromatic rings. The van der Waals surface area contributed by atoms with E-state index >= 15 is 0 Å². The van der Waals surface area contributed by atoms with E-state index in [4.69, 9.17) is 11.6 Å². The summed E-state index contributed by atoms with van der Waals surface area (Å²) in [6.45, 7) is 5.21. The highest BCUT2D eigenvalue weighted by Gasteiger charge is 2.24. The summed E-state index contributed by atoms with van der Waals surface area (Å²) in [5.74, 6) is 0.559. The number of nitrogens with one attached hydrogen (secondary N) is 1. The number of benzene rings is 1. The van der Waals surface area contributed by atoms with E-state index in [0.717, 1.165) is 13.0 Å². The van der Waals surface area contributed by atoms with E-state index in [0.29, 0.717) is 5.88 Å². The first-order valence-corrected chi connectivity index (χ1v) is 7.97. The Hall–Kier alpha value is -0.830. The second-order valence-corrected chi connectivity index (χ2v) is 6.43. The average molecular weight is 294 g/mol. The smallest absolute Gasteiger partial charge is 0.0545 e. The van der Waals surface area contributed by atoms with E-state index in [-0.39, 0.29) is 5.54 Å². The molecular formula is C16H20ClNS. The molecule has 19 heavy (non-hydrogen) atoms. The van der Waals surface area contributed by atoms with Crippen LogP contribution in [0, 0.1) is 0 Å². The van der Waals surface area contributed by atoms with E-state index in [9.17, 15) is 0 Å². The molecule has 1 unspecified atom stereocenters. The SMILES string of the molecule is CCc1ccc(CNC(C)(CCl)c2ccccc2)s1. The normalized spacial score (nSPS) is 14.3. The molecule has 2 rings (SSSR count). The predicted octanol–water partition coefficient (Wildman–Crippen LogP) is 4.55. The van der Waals surface area contributed by atoms with Gasteiger partial charge in [-0.1, -0.05) is 37.3 Å². The quantitative estimate of drug-likeness (QED) is 0.770. The van der Waals surface area contributed by atoms with Gasteiger partial charge in [0, 0.05) is 22.2 Å². The first-order valence-electron chi connectivity index (χ1n) is 6.62. The van der Waals surface area contributed by atoms with Crippen LogP contribution in [-0.2, 0) is 18.5 Å². The molecule has 0 aliphatic heterocycles. The van der Waals surface area contributed by atoms with Gasteiger partial charge in [-0.25, -0.2) is 0 Å². The molecule has 0 radical (unpaired) electrons. The molecule has 1 aromatic heterocycles. The van der Waals surface area contributed by atoms with Gasteiger partial charge in [0.25, 0.3) is 0 Å². The maximum atomic E-state index is 6.18. The van der Waals surface area contributed by atoms with Gasteiger partial charge in [0.05, 0.1) is 5.54 Å². The minimum atomic E-state index is -0.181. The van der Waals surface area contributed by atoms with E-state index < -0.39 is 0 Å². The van der Waals surface area contributed by atoms with Crippen LogP contribution in [0.1, 0.15) is 29.2 Å². The van der Waals surface area contributed by atoms with Crippen LogP contribution in [0.15, 0.2) is 42.5 Å².